The van der Waals surface area contributed by atoms with E-state index in [9.17, 15) is 0 Å². The second-order valence-electron chi connectivity index (χ2n) is 5.19. The number of benzene rings is 1. The van der Waals surface area contributed by atoms with Crippen LogP contribution in [0.25, 0.3) is 0 Å². The number of nitrogens with one attached hydrogen (secondary N) is 1. The molecule has 1 fully saturated rings. The second-order valence-corrected chi connectivity index (χ2v) is 5.19. The summed E-state index contributed by atoms with van der Waals surface area (Å²) in [4.78, 5) is 0. The SMILES string of the molecule is Cc1ccc(CNCC2CCOC2C)c(C)c1. The molecule has 2 heteroatoms. The van der Waals surface area contributed by atoms with E-state index in [2.05, 4.69) is 44.3 Å². The molecule has 2 nitrogen and oxygen atoms in total. The van der Waals surface area contributed by atoms with Gasteiger partial charge in [-0.1, -0.05) is 23.8 Å². The van der Waals surface area contributed by atoms with Crippen molar-refractivity contribution in [2.75, 3.05) is 13.2 Å². The highest BCUT2D eigenvalue weighted by Gasteiger charge is 2.23. The fraction of sp³-hybridized carbons (Fsp3) is 0.600. The van der Waals surface area contributed by atoms with Crippen LogP contribution in [0.5, 0.6) is 0 Å². The molecule has 0 saturated carbocycles. The van der Waals surface area contributed by atoms with Crippen LogP contribution in [0, 0.1) is 19.8 Å². The Morgan fingerprint density at radius 1 is 1.35 bits per heavy atom. The van der Waals surface area contributed by atoms with Crippen molar-refractivity contribution in [3.05, 3.63) is 34.9 Å². The Morgan fingerprint density at radius 2 is 2.18 bits per heavy atom. The predicted octanol–water partition coefficient (Wildman–Crippen LogP) is 2.82. The fourth-order valence-electron chi connectivity index (χ4n) is 2.48. The van der Waals surface area contributed by atoms with Gasteiger partial charge in [-0.3, -0.25) is 0 Å². The lowest BCUT2D eigenvalue weighted by molar-refractivity contribution is 0.105. The fourth-order valence-corrected chi connectivity index (χ4v) is 2.48. The molecule has 1 aliphatic rings. The van der Waals surface area contributed by atoms with Crippen LogP contribution >= 0.6 is 0 Å². The molecule has 17 heavy (non-hydrogen) atoms. The zero-order chi connectivity index (χ0) is 12.3. The Bertz CT molecular complexity index is 375. The molecule has 0 bridgehead atoms. The van der Waals surface area contributed by atoms with Crippen molar-refractivity contribution in [3.8, 4) is 0 Å². The normalized spacial score (nSPS) is 24.2. The highest BCUT2D eigenvalue weighted by molar-refractivity contribution is 5.30. The first-order valence-corrected chi connectivity index (χ1v) is 6.55. The molecular weight excluding hydrogens is 210 g/mol. The standard InChI is InChI=1S/C15H23NO/c1-11-4-5-14(12(2)8-11)9-16-10-15-6-7-17-13(15)3/h4-5,8,13,15-16H,6-7,9-10H2,1-3H3. The van der Waals surface area contributed by atoms with Gasteiger partial charge < -0.3 is 10.1 Å². The summed E-state index contributed by atoms with van der Waals surface area (Å²) in [6, 6.07) is 6.66. The van der Waals surface area contributed by atoms with E-state index in [1.807, 2.05) is 0 Å². The van der Waals surface area contributed by atoms with Crippen LogP contribution in [0.4, 0.5) is 0 Å². The lowest BCUT2D eigenvalue weighted by atomic mass is 10.0. The molecule has 0 aliphatic carbocycles. The zero-order valence-electron chi connectivity index (χ0n) is 11.1. The topological polar surface area (TPSA) is 21.3 Å². The van der Waals surface area contributed by atoms with Gasteiger partial charge in [0.25, 0.3) is 0 Å². The van der Waals surface area contributed by atoms with Crippen LogP contribution in [-0.2, 0) is 11.3 Å². The molecule has 0 aromatic heterocycles. The first-order valence-electron chi connectivity index (χ1n) is 6.55. The van der Waals surface area contributed by atoms with E-state index in [0.29, 0.717) is 12.0 Å². The van der Waals surface area contributed by atoms with Gasteiger partial charge in [0, 0.05) is 19.7 Å². The first kappa shape index (κ1) is 12.6. The summed E-state index contributed by atoms with van der Waals surface area (Å²) in [6.45, 7) is 9.46. The largest absolute Gasteiger partial charge is 0.378 e. The van der Waals surface area contributed by atoms with Crippen molar-refractivity contribution in [1.29, 1.82) is 0 Å². The zero-order valence-corrected chi connectivity index (χ0v) is 11.1. The smallest absolute Gasteiger partial charge is 0.0588 e. The van der Waals surface area contributed by atoms with Crippen LogP contribution in [0.2, 0.25) is 0 Å². The van der Waals surface area contributed by atoms with Gasteiger partial charge in [0.1, 0.15) is 0 Å². The average molecular weight is 233 g/mol. The molecular formula is C15H23NO. The lowest BCUT2D eigenvalue weighted by Gasteiger charge is -2.15. The van der Waals surface area contributed by atoms with E-state index in [4.69, 9.17) is 4.74 Å². The van der Waals surface area contributed by atoms with Crippen LogP contribution in [0.15, 0.2) is 18.2 Å². The number of ether oxygens (including phenoxy) is 1. The summed E-state index contributed by atoms with van der Waals surface area (Å²) < 4.78 is 5.57. The lowest BCUT2D eigenvalue weighted by Crippen LogP contribution is -2.26. The molecule has 1 aromatic carbocycles. The van der Waals surface area contributed by atoms with E-state index in [1.165, 1.54) is 23.1 Å². The molecule has 1 aliphatic heterocycles. The molecule has 94 valence electrons. The van der Waals surface area contributed by atoms with Crippen LogP contribution in [0.1, 0.15) is 30.0 Å². The summed E-state index contributed by atoms with van der Waals surface area (Å²) in [7, 11) is 0. The Balaban J connectivity index is 1.81. The van der Waals surface area contributed by atoms with Crippen LogP contribution in [0.3, 0.4) is 0 Å². The minimum atomic E-state index is 0.418. The summed E-state index contributed by atoms with van der Waals surface area (Å²) in [5.41, 5.74) is 4.12. The summed E-state index contributed by atoms with van der Waals surface area (Å²) in [6.07, 6.45) is 1.61. The summed E-state index contributed by atoms with van der Waals surface area (Å²) in [5, 5.41) is 3.55. The minimum absolute atomic E-state index is 0.418. The van der Waals surface area contributed by atoms with Gasteiger partial charge in [-0.15, -0.1) is 0 Å². The maximum absolute atomic E-state index is 5.57. The second kappa shape index (κ2) is 5.65. The van der Waals surface area contributed by atoms with Crippen molar-refractivity contribution < 1.29 is 4.74 Å². The maximum Gasteiger partial charge on any atom is 0.0588 e. The minimum Gasteiger partial charge on any atom is -0.378 e. The summed E-state index contributed by atoms with van der Waals surface area (Å²) in [5.74, 6) is 0.681. The maximum atomic E-state index is 5.57. The van der Waals surface area contributed by atoms with Gasteiger partial charge in [0.05, 0.1) is 6.10 Å². The van der Waals surface area contributed by atoms with Crippen molar-refractivity contribution in [1.82, 2.24) is 5.32 Å². The van der Waals surface area contributed by atoms with Gasteiger partial charge >= 0.3 is 0 Å². The highest BCUT2D eigenvalue weighted by Crippen LogP contribution is 2.19. The molecule has 2 rings (SSSR count). The van der Waals surface area contributed by atoms with Crippen LogP contribution < -0.4 is 5.32 Å². The molecule has 1 saturated heterocycles. The number of aryl methyl sites for hydroxylation is 2. The molecule has 2 atom stereocenters. The van der Waals surface area contributed by atoms with Gasteiger partial charge in [0.2, 0.25) is 0 Å². The molecule has 2 unspecified atom stereocenters. The van der Waals surface area contributed by atoms with Gasteiger partial charge in [-0.2, -0.15) is 0 Å². The monoisotopic (exact) mass is 233 g/mol. The van der Waals surface area contributed by atoms with Crippen LogP contribution in [-0.4, -0.2) is 19.3 Å². The number of rotatable bonds is 4. The van der Waals surface area contributed by atoms with Crippen molar-refractivity contribution >= 4 is 0 Å². The first-order chi connectivity index (χ1) is 8.16. The van der Waals surface area contributed by atoms with E-state index < -0.39 is 0 Å². The number of hydrogen-bond donors (Lipinski definition) is 1. The third-order valence-electron chi connectivity index (χ3n) is 3.75. The third-order valence-corrected chi connectivity index (χ3v) is 3.75. The van der Waals surface area contributed by atoms with Crippen molar-refractivity contribution in [2.24, 2.45) is 5.92 Å². The number of hydrogen-bond acceptors (Lipinski definition) is 2. The Morgan fingerprint density at radius 3 is 2.82 bits per heavy atom. The molecule has 0 radical (unpaired) electrons. The average Bonchev–Trinajstić information content (AvgIpc) is 2.68. The van der Waals surface area contributed by atoms with E-state index in [-0.39, 0.29) is 0 Å². The van der Waals surface area contributed by atoms with E-state index in [0.717, 1.165) is 19.7 Å². The molecule has 1 N–H and O–H groups in total. The van der Waals surface area contributed by atoms with Gasteiger partial charge in [-0.25, -0.2) is 0 Å². The quantitative estimate of drug-likeness (QED) is 0.863. The summed E-state index contributed by atoms with van der Waals surface area (Å²) >= 11 is 0. The molecule has 1 heterocycles. The molecule has 0 amide bonds. The Hall–Kier alpha value is -0.860. The van der Waals surface area contributed by atoms with Crippen molar-refractivity contribution in [3.63, 3.8) is 0 Å². The Kier molecular flexibility index (Phi) is 4.19. The third kappa shape index (κ3) is 3.30. The highest BCUT2D eigenvalue weighted by atomic mass is 16.5. The predicted molar refractivity (Wildman–Crippen MR) is 71.1 cm³/mol. The van der Waals surface area contributed by atoms with Gasteiger partial charge in [0.15, 0.2) is 0 Å². The molecule has 1 aromatic rings. The van der Waals surface area contributed by atoms with Crippen molar-refractivity contribution in [2.45, 2.75) is 39.8 Å². The van der Waals surface area contributed by atoms with E-state index >= 15 is 0 Å². The Labute approximate surface area is 104 Å². The molecule has 0 spiro atoms. The van der Waals surface area contributed by atoms with E-state index in [1.54, 1.807) is 0 Å². The van der Waals surface area contributed by atoms with Gasteiger partial charge in [-0.05, 0) is 44.2 Å².